The average Bonchev–Trinajstić information content (AvgIpc) is 2.08. The van der Waals surface area contributed by atoms with Crippen LogP contribution in [-0.4, -0.2) is 28.0 Å². The predicted molar refractivity (Wildman–Crippen MR) is 67.0 cm³/mol. The Morgan fingerprint density at radius 2 is 1.13 bits per heavy atom. The van der Waals surface area contributed by atoms with Gasteiger partial charge in [0.1, 0.15) is 0 Å². The van der Waals surface area contributed by atoms with Gasteiger partial charge in [-0.2, -0.15) is 0 Å². The fourth-order valence-corrected chi connectivity index (χ4v) is 3.51. The van der Waals surface area contributed by atoms with E-state index < -0.39 is 14.8 Å². The molecule has 0 unspecified atom stereocenters. The van der Waals surface area contributed by atoms with Crippen LogP contribution < -0.4 is 0 Å². The molecule has 0 amide bonds. The first-order chi connectivity index (χ1) is 6.91. The zero-order chi connectivity index (χ0) is 11.8. The van der Waals surface area contributed by atoms with E-state index in [0.717, 1.165) is 18.5 Å². The second-order valence-corrected chi connectivity index (χ2v) is 7.51. The number of rotatable bonds is 8. The van der Waals surface area contributed by atoms with Crippen LogP contribution in [0.4, 0.5) is 0 Å². The van der Waals surface area contributed by atoms with Crippen molar-refractivity contribution in [2.45, 2.75) is 46.8 Å². The van der Waals surface area contributed by atoms with E-state index in [9.17, 15) is 0 Å². The van der Waals surface area contributed by atoms with Crippen molar-refractivity contribution in [2.75, 3.05) is 13.2 Å². The summed E-state index contributed by atoms with van der Waals surface area (Å²) < 4.78 is 11.8. The van der Waals surface area contributed by atoms with Crippen molar-refractivity contribution in [3.8, 4) is 0 Å². The van der Waals surface area contributed by atoms with Crippen molar-refractivity contribution < 1.29 is 7.58 Å². The maximum atomic E-state index is 5.88. The highest BCUT2D eigenvalue weighted by atomic mass is 27.2. The normalized spacial score (nSPS) is 11.8. The molecule has 0 aliphatic rings. The Hall–Kier alpha value is 0.452. The van der Waals surface area contributed by atoms with Gasteiger partial charge in [0.15, 0.2) is 0 Å². The standard InChI is InChI=1S/2C4H9O.C4H9.Al/c2*1-4(2)3-5;1-4(2)3;/h2*4H,3H2,1-2H3;4H,1H2,2-3H3;/q2*-1;;+2. The van der Waals surface area contributed by atoms with Crippen LogP contribution in [-0.2, 0) is 7.58 Å². The van der Waals surface area contributed by atoms with Gasteiger partial charge in [-0.15, -0.1) is 0 Å². The maximum Gasteiger partial charge on any atom is 0.674 e. The third kappa shape index (κ3) is 10.7. The number of hydrogen-bond donors (Lipinski definition) is 0. The van der Waals surface area contributed by atoms with E-state index in [1.165, 1.54) is 0 Å². The van der Waals surface area contributed by atoms with Crippen molar-refractivity contribution in [3.63, 3.8) is 0 Å². The van der Waals surface area contributed by atoms with E-state index in [-0.39, 0.29) is 0 Å². The molecule has 0 spiro atoms. The molecule has 0 aromatic carbocycles. The molecule has 0 fully saturated rings. The molecule has 90 valence electrons. The summed E-state index contributed by atoms with van der Waals surface area (Å²) in [4.78, 5) is 0. The van der Waals surface area contributed by atoms with Crippen molar-refractivity contribution in [2.24, 2.45) is 17.8 Å². The first-order valence-corrected chi connectivity index (χ1v) is 7.91. The SMILES string of the molecule is CC(C)C[O][Al]([CH2]C(C)C)[O]CC(C)C. The van der Waals surface area contributed by atoms with Crippen LogP contribution in [0.25, 0.3) is 0 Å². The summed E-state index contributed by atoms with van der Waals surface area (Å²) in [5, 5.41) is 1.12. The van der Waals surface area contributed by atoms with Crippen LogP contribution in [0.2, 0.25) is 5.28 Å². The summed E-state index contributed by atoms with van der Waals surface area (Å²) in [5.41, 5.74) is 0. The lowest BCUT2D eigenvalue weighted by Crippen LogP contribution is -2.28. The molecular formula is C12H27AlO2. The number of hydrogen-bond acceptors (Lipinski definition) is 2. The lowest BCUT2D eigenvalue weighted by molar-refractivity contribution is 0.160. The molecule has 0 rings (SSSR count). The minimum atomic E-state index is -1.40. The molecule has 3 heteroatoms. The van der Waals surface area contributed by atoms with E-state index in [1.54, 1.807) is 0 Å². The van der Waals surface area contributed by atoms with E-state index >= 15 is 0 Å². The quantitative estimate of drug-likeness (QED) is 0.594. The highest BCUT2D eigenvalue weighted by Gasteiger charge is 2.26. The first-order valence-electron chi connectivity index (χ1n) is 6.15. The minimum absolute atomic E-state index is 0.606. The fourth-order valence-electron chi connectivity index (χ4n) is 1.17. The second-order valence-electron chi connectivity index (χ2n) is 5.51. The van der Waals surface area contributed by atoms with Gasteiger partial charge in [-0.1, -0.05) is 47.5 Å². The Kier molecular flexibility index (Phi) is 8.85. The van der Waals surface area contributed by atoms with Gasteiger partial charge in [0.2, 0.25) is 0 Å². The summed E-state index contributed by atoms with van der Waals surface area (Å²) in [6.45, 7) is 14.9. The predicted octanol–water partition coefficient (Wildman–Crippen LogP) is 3.48. The van der Waals surface area contributed by atoms with Crippen molar-refractivity contribution >= 4 is 14.8 Å². The van der Waals surface area contributed by atoms with Crippen LogP contribution in [0, 0.1) is 17.8 Å². The molecule has 0 aliphatic heterocycles. The van der Waals surface area contributed by atoms with Gasteiger partial charge in [-0.25, -0.2) is 0 Å². The van der Waals surface area contributed by atoms with Crippen LogP contribution in [0.15, 0.2) is 0 Å². The molecule has 0 N–H and O–H groups in total. The topological polar surface area (TPSA) is 18.5 Å². The molecule has 15 heavy (non-hydrogen) atoms. The summed E-state index contributed by atoms with van der Waals surface area (Å²) in [6, 6.07) is 0. The molecule has 0 aliphatic carbocycles. The summed E-state index contributed by atoms with van der Waals surface area (Å²) >= 11 is -1.40. The van der Waals surface area contributed by atoms with E-state index in [1.807, 2.05) is 0 Å². The molecule has 2 nitrogen and oxygen atoms in total. The second kappa shape index (κ2) is 8.59. The Balaban J connectivity index is 3.84. The molecule has 0 radical (unpaired) electrons. The van der Waals surface area contributed by atoms with Gasteiger partial charge < -0.3 is 7.58 Å². The Labute approximate surface area is 100 Å². The summed E-state index contributed by atoms with van der Waals surface area (Å²) in [7, 11) is 0. The van der Waals surface area contributed by atoms with Crippen LogP contribution in [0.5, 0.6) is 0 Å². The van der Waals surface area contributed by atoms with Crippen molar-refractivity contribution in [3.05, 3.63) is 0 Å². The summed E-state index contributed by atoms with van der Waals surface area (Å²) in [6.07, 6.45) is 0. The fraction of sp³-hybridized carbons (Fsp3) is 1.00. The molecule has 0 bridgehead atoms. The smallest absolute Gasteiger partial charge is 0.478 e. The molecule has 0 aromatic heterocycles. The monoisotopic (exact) mass is 230 g/mol. The van der Waals surface area contributed by atoms with Crippen LogP contribution in [0.3, 0.4) is 0 Å². The van der Waals surface area contributed by atoms with Crippen molar-refractivity contribution in [1.29, 1.82) is 0 Å². The lowest BCUT2D eigenvalue weighted by atomic mass is 10.2. The first kappa shape index (κ1) is 15.5. The zero-order valence-corrected chi connectivity index (χ0v) is 12.4. The van der Waals surface area contributed by atoms with Crippen LogP contribution in [0.1, 0.15) is 41.5 Å². The third-order valence-corrected chi connectivity index (χ3v) is 4.35. The third-order valence-electron chi connectivity index (χ3n) is 1.89. The Morgan fingerprint density at radius 3 is 1.40 bits per heavy atom. The summed E-state index contributed by atoms with van der Waals surface area (Å²) in [5.74, 6) is 1.89. The van der Waals surface area contributed by atoms with Gasteiger partial charge >= 0.3 is 14.8 Å². The Bertz CT molecular complexity index is 135. The highest BCUT2D eigenvalue weighted by Crippen LogP contribution is 2.10. The van der Waals surface area contributed by atoms with Gasteiger partial charge in [0.05, 0.1) is 0 Å². The molecule has 0 saturated carbocycles. The lowest BCUT2D eigenvalue weighted by Gasteiger charge is -2.17. The van der Waals surface area contributed by atoms with Gasteiger partial charge in [-0.05, 0) is 17.1 Å². The minimum Gasteiger partial charge on any atom is -0.478 e. The molecule has 0 aromatic rings. The molecule has 0 atom stereocenters. The molecule has 0 heterocycles. The van der Waals surface area contributed by atoms with Crippen LogP contribution >= 0.6 is 0 Å². The average molecular weight is 230 g/mol. The maximum absolute atomic E-state index is 5.88. The van der Waals surface area contributed by atoms with Gasteiger partial charge in [0.25, 0.3) is 0 Å². The Morgan fingerprint density at radius 1 is 0.733 bits per heavy atom. The van der Waals surface area contributed by atoms with E-state index in [4.69, 9.17) is 7.58 Å². The largest absolute Gasteiger partial charge is 0.674 e. The molecular weight excluding hydrogens is 203 g/mol. The zero-order valence-electron chi connectivity index (χ0n) is 11.2. The van der Waals surface area contributed by atoms with Crippen molar-refractivity contribution in [1.82, 2.24) is 0 Å². The van der Waals surface area contributed by atoms with Gasteiger partial charge in [0, 0.05) is 13.2 Å². The van der Waals surface area contributed by atoms with E-state index in [2.05, 4.69) is 41.5 Å². The van der Waals surface area contributed by atoms with Gasteiger partial charge in [-0.3, -0.25) is 0 Å². The highest BCUT2D eigenvalue weighted by molar-refractivity contribution is 6.44. The molecule has 0 saturated heterocycles. The van der Waals surface area contributed by atoms with E-state index in [0.29, 0.717) is 17.8 Å².